The molecule has 0 bridgehead atoms. The first-order chi connectivity index (χ1) is 7.41. The van der Waals surface area contributed by atoms with Gasteiger partial charge in [-0.1, -0.05) is 13.8 Å². The highest BCUT2D eigenvalue weighted by Gasteiger charge is 2.22. The molecule has 2 atom stereocenters. The Morgan fingerprint density at radius 1 is 1.50 bits per heavy atom. The SMILES string of the molecule is CC(C)CC(C)(O)CNC(C)c1ccn[nH]1. The molecule has 1 aromatic heterocycles. The average molecular weight is 225 g/mol. The maximum atomic E-state index is 10.1. The van der Waals surface area contributed by atoms with E-state index in [4.69, 9.17) is 0 Å². The minimum atomic E-state index is -0.650. The van der Waals surface area contributed by atoms with Crippen LogP contribution in [0.1, 0.15) is 45.9 Å². The van der Waals surface area contributed by atoms with Gasteiger partial charge in [-0.2, -0.15) is 5.10 Å². The van der Waals surface area contributed by atoms with Crippen molar-refractivity contribution >= 4 is 0 Å². The molecule has 0 aliphatic rings. The molecule has 1 aromatic rings. The van der Waals surface area contributed by atoms with Crippen LogP contribution in [0.15, 0.2) is 12.3 Å². The first-order valence-corrected chi connectivity index (χ1v) is 5.86. The molecule has 1 rings (SSSR count). The van der Waals surface area contributed by atoms with E-state index in [1.807, 2.05) is 13.0 Å². The largest absolute Gasteiger partial charge is 0.389 e. The number of aliphatic hydroxyl groups is 1. The quantitative estimate of drug-likeness (QED) is 0.692. The summed E-state index contributed by atoms with van der Waals surface area (Å²) >= 11 is 0. The maximum Gasteiger partial charge on any atom is 0.0746 e. The standard InChI is InChI=1S/C12H23N3O/c1-9(2)7-12(4,16)8-13-10(3)11-5-6-14-15-11/h5-6,9-10,13,16H,7-8H2,1-4H3,(H,14,15). The number of H-pyrrole nitrogens is 1. The lowest BCUT2D eigenvalue weighted by atomic mass is 9.94. The predicted octanol–water partition coefficient (Wildman–Crippen LogP) is 1.86. The summed E-state index contributed by atoms with van der Waals surface area (Å²) in [5.41, 5.74) is 0.392. The van der Waals surface area contributed by atoms with Crippen molar-refractivity contribution in [3.05, 3.63) is 18.0 Å². The van der Waals surface area contributed by atoms with Gasteiger partial charge < -0.3 is 10.4 Å². The molecule has 0 fully saturated rings. The van der Waals surface area contributed by atoms with Crippen LogP contribution in [0.2, 0.25) is 0 Å². The molecule has 0 aliphatic carbocycles. The Balaban J connectivity index is 2.39. The van der Waals surface area contributed by atoms with Crippen LogP contribution in [-0.2, 0) is 0 Å². The van der Waals surface area contributed by atoms with E-state index < -0.39 is 5.60 Å². The summed E-state index contributed by atoms with van der Waals surface area (Å²) in [5, 5.41) is 20.3. The second-order valence-corrected chi connectivity index (χ2v) is 5.21. The zero-order valence-electron chi connectivity index (χ0n) is 10.6. The van der Waals surface area contributed by atoms with E-state index in [2.05, 4.69) is 36.3 Å². The van der Waals surface area contributed by atoms with Crippen LogP contribution >= 0.6 is 0 Å². The molecule has 4 heteroatoms. The molecular formula is C12H23N3O. The fourth-order valence-electron chi connectivity index (χ4n) is 1.94. The van der Waals surface area contributed by atoms with Gasteiger partial charge >= 0.3 is 0 Å². The van der Waals surface area contributed by atoms with Gasteiger partial charge in [-0.05, 0) is 32.3 Å². The zero-order valence-corrected chi connectivity index (χ0v) is 10.6. The summed E-state index contributed by atoms with van der Waals surface area (Å²) in [6, 6.07) is 2.12. The van der Waals surface area contributed by atoms with Gasteiger partial charge in [-0.15, -0.1) is 0 Å². The number of aromatic amines is 1. The molecular weight excluding hydrogens is 202 g/mol. The first kappa shape index (κ1) is 13.2. The molecule has 16 heavy (non-hydrogen) atoms. The fourth-order valence-corrected chi connectivity index (χ4v) is 1.94. The van der Waals surface area contributed by atoms with Crippen LogP contribution in [0.4, 0.5) is 0 Å². The monoisotopic (exact) mass is 225 g/mol. The van der Waals surface area contributed by atoms with Crippen molar-refractivity contribution in [2.24, 2.45) is 5.92 Å². The van der Waals surface area contributed by atoms with Crippen LogP contribution in [0.3, 0.4) is 0 Å². The average Bonchev–Trinajstić information content (AvgIpc) is 2.64. The molecule has 0 saturated carbocycles. The van der Waals surface area contributed by atoms with Crippen LogP contribution in [0, 0.1) is 5.92 Å². The van der Waals surface area contributed by atoms with Crippen molar-refractivity contribution in [1.82, 2.24) is 15.5 Å². The topological polar surface area (TPSA) is 60.9 Å². The predicted molar refractivity (Wildman–Crippen MR) is 65.1 cm³/mol. The Bertz CT molecular complexity index is 293. The Morgan fingerprint density at radius 3 is 2.69 bits per heavy atom. The molecule has 0 aromatic carbocycles. The number of nitrogens with zero attached hydrogens (tertiary/aromatic N) is 1. The molecule has 1 heterocycles. The van der Waals surface area contributed by atoms with Crippen molar-refractivity contribution in [1.29, 1.82) is 0 Å². The second kappa shape index (κ2) is 5.46. The normalized spacial score (nSPS) is 17.4. The second-order valence-electron chi connectivity index (χ2n) is 5.21. The Kier molecular flexibility index (Phi) is 4.50. The zero-order chi connectivity index (χ0) is 12.2. The lowest BCUT2D eigenvalue weighted by molar-refractivity contribution is 0.0362. The third kappa shape index (κ3) is 4.33. The molecule has 0 amide bonds. The molecule has 0 spiro atoms. The van der Waals surface area contributed by atoms with E-state index in [9.17, 15) is 5.11 Å². The van der Waals surface area contributed by atoms with E-state index in [-0.39, 0.29) is 6.04 Å². The van der Waals surface area contributed by atoms with Crippen LogP contribution in [-0.4, -0.2) is 27.4 Å². The van der Waals surface area contributed by atoms with Crippen molar-refractivity contribution in [2.75, 3.05) is 6.54 Å². The summed E-state index contributed by atoms with van der Waals surface area (Å²) in [4.78, 5) is 0. The van der Waals surface area contributed by atoms with Crippen molar-refractivity contribution in [2.45, 2.75) is 45.8 Å². The van der Waals surface area contributed by atoms with E-state index in [1.54, 1.807) is 6.20 Å². The van der Waals surface area contributed by atoms with Gasteiger partial charge in [0.15, 0.2) is 0 Å². The fraction of sp³-hybridized carbons (Fsp3) is 0.750. The lowest BCUT2D eigenvalue weighted by Gasteiger charge is -2.27. The molecule has 2 unspecified atom stereocenters. The van der Waals surface area contributed by atoms with E-state index in [0.717, 1.165) is 12.1 Å². The smallest absolute Gasteiger partial charge is 0.0746 e. The van der Waals surface area contributed by atoms with Gasteiger partial charge in [0.25, 0.3) is 0 Å². The van der Waals surface area contributed by atoms with Crippen molar-refractivity contribution in [3.8, 4) is 0 Å². The molecule has 0 saturated heterocycles. The van der Waals surface area contributed by atoms with Gasteiger partial charge in [0.2, 0.25) is 0 Å². The first-order valence-electron chi connectivity index (χ1n) is 5.86. The summed E-state index contributed by atoms with van der Waals surface area (Å²) in [6.45, 7) is 8.75. The van der Waals surface area contributed by atoms with E-state index >= 15 is 0 Å². The third-order valence-electron chi connectivity index (χ3n) is 2.63. The van der Waals surface area contributed by atoms with Crippen molar-refractivity contribution in [3.63, 3.8) is 0 Å². The number of aromatic nitrogens is 2. The van der Waals surface area contributed by atoms with Gasteiger partial charge in [-0.3, -0.25) is 5.10 Å². The van der Waals surface area contributed by atoms with E-state index in [1.165, 1.54) is 0 Å². The summed E-state index contributed by atoms with van der Waals surface area (Å²) in [5.74, 6) is 0.499. The number of hydrogen-bond acceptors (Lipinski definition) is 3. The highest BCUT2D eigenvalue weighted by Crippen LogP contribution is 2.17. The van der Waals surface area contributed by atoms with E-state index in [0.29, 0.717) is 12.5 Å². The van der Waals surface area contributed by atoms with Crippen molar-refractivity contribution < 1.29 is 5.11 Å². The number of hydrogen-bond donors (Lipinski definition) is 3. The van der Waals surface area contributed by atoms with Crippen LogP contribution in [0.5, 0.6) is 0 Å². The number of nitrogens with one attached hydrogen (secondary N) is 2. The van der Waals surface area contributed by atoms with Gasteiger partial charge in [-0.25, -0.2) is 0 Å². The third-order valence-corrected chi connectivity index (χ3v) is 2.63. The van der Waals surface area contributed by atoms with Crippen LogP contribution < -0.4 is 5.32 Å². The highest BCUT2D eigenvalue weighted by molar-refractivity contribution is 5.03. The number of rotatable bonds is 6. The molecule has 0 radical (unpaired) electrons. The molecule has 0 aliphatic heterocycles. The minimum Gasteiger partial charge on any atom is -0.389 e. The molecule has 4 nitrogen and oxygen atoms in total. The highest BCUT2D eigenvalue weighted by atomic mass is 16.3. The van der Waals surface area contributed by atoms with Gasteiger partial charge in [0, 0.05) is 18.8 Å². The molecule has 92 valence electrons. The minimum absolute atomic E-state index is 0.182. The Labute approximate surface area is 97.5 Å². The van der Waals surface area contributed by atoms with Crippen LogP contribution in [0.25, 0.3) is 0 Å². The van der Waals surface area contributed by atoms with Gasteiger partial charge in [0.1, 0.15) is 0 Å². The maximum absolute atomic E-state index is 10.1. The summed E-state index contributed by atoms with van der Waals surface area (Å²) < 4.78 is 0. The summed E-state index contributed by atoms with van der Waals surface area (Å²) in [7, 11) is 0. The van der Waals surface area contributed by atoms with Gasteiger partial charge in [0.05, 0.1) is 11.3 Å². The Morgan fingerprint density at radius 2 is 2.19 bits per heavy atom. The lowest BCUT2D eigenvalue weighted by Crippen LogP contribution is -2.39. The molecule has 3 N–H and O–H groups in total. The Hall–Kier alpha value is -0.870. The summed E-state index contributed by atoms with van der Waals surface area (Å²) in [6.07, 6.45) is 2.54.